The molecule has 5 N–H and O–H groups in total. The molecule has 2 heterocycles. The molecule has 0 radical (unpaired) electrons. The van der Waals surface area contributed by atoms with Gasteiger partial charge in [0, 0.05) is 22.7 Å². The number of aliphatic hydroxyl groups is 2. The van der Waals surface area contributed by atoms with Gasteiger partial charge in [-0.05, 0) is 109 Å². The fourth-order valence-electron chi connectivity index (χ4n) is 8.93. The van der Waals surface area contributed by atoms with Gasteiger partial charge in [0.2, 0.25) is 0 Å². The van der Waals surface area contributed by atoms with Crippen LogP contribution in [0.3, 0.4) is 0 Å². The van der Waals surface area contributed by atoms with Crippen molar-refractivity contribution in [2.75, 3.05) is 18.6 Å². The zero-order valence-corrected chi connectivity index (χ0v) is 35.2. The summed E-state index contributed by atoms with van der Waals surface area (Å²) in [6.07, 6.45) is 4.03. The van der Waals surface area contributed by atoms with Crippen LogP contribution in [0.5, 0.6) is 23.0 Å². The minimum Gasteiger partial charge on any atom is -0.508 e. The lowest BCUT2D eigenvalue weighted by Gasteiger charge is -2.39. The van der Waals surface area contributed by atoms with E-state index in [0.29, 0.717) is 48.1 Å². The fourth-order valence-corrected chi connectivity index (χ4v) is 13.4. The Kier molecular flexibility index (Phi) is 13.7. The summed E-state index contributed by atoms with van der Waals surface area (Å²) in [7, 11) is -5.71. The summed E-state index contributed by atoms with van der Waals surface area (Å²) in [5.74, 6) is -0.608. The number of benzene rings is 4. The van der Waals surface area contributed by atoms with Gasteiger partial charge in [-0.15, -0.1) is 0 Å². The van der Waals surface area contributed by atoms with Crippen LogP contribution in [0.15, 0.2) is 94.7 Å². The molecule has 0 aliphatic carbocycles. The first-order valence-corrected chi connectivity index (χ1v) is 23.2. The number of fused-ring (bicyclic) bond motifs is 2. The average molecular weight is 823 g/mol. The second kappa shape index (κ2) is 17.8. The summed E-state index contributed by atoms with van der Waals surface area (Å²) in [5, 5.41) is 52.7. The van der Waals surface area contributed by atoms with Gasteiger partial charge in [0.1, 0.15) is 23.0 Å². The van der Waals surface area contributed by atoms with Gasteiger partial charge in [-0.2, -0.15) is 0 Å². The van der Waals surface area contributed by atoms with Gasteiger partial charge in [-0.25, -0.2) is 16.8 Å². The molecule has 0 bridgehead atoms. The Morgan fingerprint density at radius 3 is 1.35 bits per heavy atom. The van der Waals surface area contributed by atoms with Gasteiger partial charge >= 0.3 is 0 Å². The minimum absolute atomic E-state index is 0.0394. The number of methoxy groups -OCH3 is 1. The molecule has 2 aliphatic rings. The van der Waals surface area contributed by atoms with E-state index < -0.39 is 54.5 Å². The molecule has 10 nitrogen and oxygen atoms in total. The summed E-state index contributed by atoms with van der Waals surface area (Å²) in [6, 6.07) is 22.3. The third-order valence-corrected chi connectivity index (χ3v) is 16.4. The van der Waals surface area contributed by atoms with Crippen LogP contribution in [0, 0.1) is 10.8 Å². The molecular weight excluding hydrogens is 765 g/mol. The Labute approximate surface area is 338 Å². The number of rotatable bonds is 11. The molecule has 12 heteroatoms. The SMILES string of the molecule is CCCC[C@]1(CC)CS(=O)(=O)c2ccc(O)cc2[C@@H](c2ccc(O)cc2)[C@H]1O.CCCC[C@]1(CC)CS(=O)(=O)c2ccc(OC)cc2[C@@H](c2ccc(O)cc2)[C@H]1O. The van der Waals surface area contributed by atoms with Gasteiger partial charge in [0.05, 0.1) is 40.6 Å². The Hall–Kier alpha value is -4.10. The topological polar surface area (TPSA) is 179 Å². The fraction of sp³-hybridized carbons (Fsp3) is 0.467. The maximum atomic E-state index is 13.4. The number of phenols is 3. The highest BCUT2D eigenvalue weighted by atomic mass is 32.2. The first-order chi connectivity index (χ1) is 27.0. The second-order valence-electron chi connectivity index (χ2n) is 15.8. The lowest BCUT2D eigenvalue weighted by molar-refractivity contribution is 0.0173. The smallest absolute Gasteiger partial charge is 0.179 e. The van der Waals surface area contributed by atoms with E-state index >= 15 is 0 Å². The first-order valence-electron chi connectivity index (χ1n) is 19.9. The van der Waals surface area contributed by atoms with Gasteiger partial charge in [-0.1, -0.05) is 77.6 Å². The summed E-state index contributed by atoms with van der Waals surface area (Å²) < 4.78 is 58.8. The van der Waals surface area contributed by atoms with Crippen LogP contribution in [-0.4, -0.2) is 73.2 Å². The second-order valence-corrected chi connectivity index (χ2v) is 19.7. The zero-order chi connectivity index (χ0) is 41.8. The molecular formula is C45H58O10S2. The number of phenolic OH excluding ortho intramolecular Hbond substituents is 3. The quantitative estimate of drug-likeness (QED) is 0.0990. The molecule has 2 aliphatic heterocycles. The van der Waals surface area contributed by atoms with Crippen molar-refractivity contribution in [3.8, 4) is 23.0 Å². The van der Waals surface area contributed by atoms with Gasteiger partial charge in [-0.3, -0.25) is 0 Å². The van der Waals surface area contributed by atoms with E-state index in [1.165, 1.54) is 37.4 Å². The third-order valence-electron chi connectivity index (χ3n) is 12.4. The molecule has 57 heavy (non-hydrogen) atoms. The number of sulfone groups is 2. The Morgan fingerprint density at radius 2 is 0.965 bits per heavy atom. The Bertz CT molecular complexity index is 2200. The van der Waals surface area contributed by atoms with E-state index in [4.69, 9.17) is 4.74 Å². The van der Waals surface area contributed by atoms with Crippen LogP contribution in [-0.2, 0) is 19.7 Å². The van der Waals surface area contributed by atoms with Crippen LogP contribution in [0.25, 0.3) is 0 Å². The van der Waals surface area contributed by atoms with Crippen LogP contribution >= 0.6 is 0 Å². The van der Waals surface area contributed by atoms with Crippen LogP contribution < -0.4 is 4.74 Å². The monoisotopic (exact) mass is 822 g/mol. The van der Waals surface area contributed by atoms with Crippen molar-refractivity contribution in [3.05, 3.63) is 107 Å². The van der Waals surface area contributed by atoms with Crippen molar-refractivity contribution in [1.29, 1.82) is 0 Å². The number of aromatic hydroxyl groups is 3. The zero-order valence-electron chi connectivity index (χ0n) is 33.6. The highest BCUT2D eigenvalue weighted by molar-refractivity contribution is 7.91. The predicted molar refractivity (Wildman–Crippen MR) is 222 cm³/mol. The van der Waals surface area contributed by atoms with Crippen molar-refractivity contribution in [1.82, 2.24) is 0 Å². The van der Waals surface area contributed by atoms with Crippen LogP contribution in [0.2, 0.25) is 0 Å². The van der Waals surface area contributed by atoms with Crippen molar-refractivity contribution in [3.63, 3.8) is 0 Å². The molecule has 6 atom stereocenters. The van der Waals surface area contributed by atoms with E-state index in [9.17, 15) is 42.4 Å². The Morgan fingerprint density at radius 1 is 0.579 bits per heavy atom. The maximum Gasteiger partial charge on any atom is 0.179 e. The van der Waals surface area contributed by atoms with E-state index in [2.05, 4.69) is 6.92 Å². The standard InChI is InChI=1S/C23H30O5S.C22H28O5S/c1-4-6-13-23(5-2)15-29(26,27)20-12-11-18(28-3)14-19(20)21(22(23)25)16-7-9-17(24)10-8-16;1-3-5-12-22(4-2)14-28(26,27)19-11-10-17(24)13-18(19)20(21(22)25)15-6-8-16(23)9-7-15/h7-12,14,21-22,24-25H,4-6,13,15H2,1-3H3;6-11,13,20-21,23-25H,3-5,12,14H2,1-2H3/t21-,22-,23-;20-,21-,22-/m11/s1. The molecule has 0 unspecified atom stereocenters. The van der Waals surface area contributed by atoms with Gasteiger partial charge in [0.15, 0.2) is 19.7 Å². The van der Waals surface area contributed by atoms with E-state index in [1.807, 2.05) is 20.8 Å². The molecule has 0 fully saturated rings. The Balaban J connectivity index is 0.000000218. The van der Waals surface area contributed by atoms with E-state index in [1.54, 1.807) is 54.6 Å². The van der Waals surface area contributed by atoms with Crippen molar-refractivity contribution < 1.29 is 47.1 Å². The highest BCUT2D eigenvalue weighted by Crippen LogP contribution is 2.51. The minimum atomic E-state index is -3.65. The average Bonchev–Trinajstić information content (AvgIpc) is 3.31. The normalized spacial score (nSPS) is 26.1. The van der Waals surface area contributed by atoms with Crippen molar-refractivity contribution in [2.24, 2.45) is 10.8 Å². The van der Waals surface area contributed by atoms with E-state index in [-0.39, 0.29) is 38.5 Å². The lowest BCUT2D eigenvalue weighted by atomic mass is 9.69. The first kappa shape index (κ1) is 44.0. The summed E-state index contributed by atoms with van der Waals surface area (Å²) in [6.45, 7) is 8.00. The summed E-state index contributed by atoms with van der Waals surface area (Å²) >= 11 is 0. The van der Waals surface area contributed by atoms with Crippen LogP contribution in [0.1, 0.15) is 113 Å². The summed E-state index contributed by atoms with van der Waals surface area (Å²) in [5.41, 5.74) is 0.912. The number of hydrogen-bond donors (Lipinski definition) is 5. The molecule has 0 saturated carbocycles. The highest BCUT2D eigenvalue weighted by Gasteiger charge is 2.50. The third kappa shape index (κ3) is 8.99. The molecule has 0 saturated heterocycles. The number of ether oxygens (including phenoxy) is 1. The molecule has 4 aromatic rings. The van der Waals surface area contributed by atoms with Gasteiger partial charge < -0.3 is 30.3 Å². The maximum absolute atomic E-state index is 13.4. The summed E-state index contributed by atoms with van der Waals surface area (Å²) in [4.78, 5) is 0.413. The lowest BCUT2D eigenvalue weighted by Crippen LogP contribution is -2.42. The largest absolute Gasteiger partial charge is 0.508 e. The van der Waals surface area contributed by atoms with E-state index in [0.717, 1.165) is 31.2 Å². The van der Waals surface area contributed by atoms with Crippen LogP contribution in [0.4, 0.5) is 0 Å². The molecule has 310 valence electrons. The number of hydrogen-bond acceptors (Lipinski definition) is 10. The molecule has 6 rings (SSSR count). The predicted octanol–water partition coefficient (Wildman–Crippen LogP) is 8.23. The van der Waals surface area contributed by atoms with Crippen molar-refractivity contribution in [2.45, 2.75) is 113 Å². The molecule has 0 spiro atoms. The molecule has 0 amide bonds. The number of unbranched alkanes of at least 4 members (excludes halogenated alkanes) is 2. The number of aliphatic hydroxyl groups excluding tert-OH is 2. The van der Waals surface area contributed by atoms with Gasteiger partial charge in [0.25, 0.3) is 0 Å². The molecule has 0 aromatic heterocycles. The van der Waals surface area contributed by atoms with Crippen molar-refractivity contribution >= 4 is 19.7 Å². The molecule has 4 aromatic carbocycles.